The number of ether oxygens (including phenoxy) is 1. The third-order valence-corrected chi connectivity index (χ3v) is 3.65. The second-order valence-corrected chi connectivity index (χ2v) is 4.83. The van der Waals surface area contributed by atoms with Gasteiger partial charge in [0.2, 0.25) is 0 Å². The van der Waals surface area contributed by atoms with Crippen molar-refractivity contribution in [2.75, 3.05) is 18.2 Å². The molecule has 94 valence electrons. The lowest BCUT2D eigenvalue weighted by molar-refractivity contribution is 0.103. The zero-order valence-electron chi connectivity index (χ0n) is 9.57. The van der Waals surface area contributed by atoms with Crippen molar-refractivity contribution in [1.29, 1.82) is 0 Å². The normalized spacial score (nSPS) is 10.1. The van der Waals surface area contributed by atoms with Crippen LogP contribution in [0.2, 0.25) is 5.02 Å². The van der Waals surface area contributed by atoms with Crippen LogP contribution in [-0.4, -0.2) is 13.0 Å². The van der Waals surface area contributed by atoms with Gasteiger partial charge in [0.15, 0.2) is 0 Å². The van der Waals surface area contributed by atoms with Crippen LogP contribution in [0.15, 0.2) is 29.6 Å². The monoisotopic (exact) mass is 282 g/mol. The number of nitrogens with two attached hydrogens (primary N) is 1. The summed E-state index contributed by atoms with van der Waals surface area (Å²) < 4.78 is 5.08. The number of benzene rings is 1. The standard InChI is InChI=1S/C12H11ClN2O2S/c1-17-10-6-7(2-3-9(10)14)15-12(16)11-8(13)4-5-18-11/h2-6H,14H2,1H3,(H,15,16). The lowest BCUT2D eigenvalue weighted by Crippen LogP contribution is -2.10. The first-order chi connectivity index (χ1) is 8.61. The van der Waals surface area contributed by atoms with Gasteiger partial charge in [0.05, 0.1) is 17.8 Å². The Morgan fingerprint density at radius 1 is 1.44 bits per heavy atom. The minimum absolute atomic E-state index is 0.248. The molecule has 3 N–H and O–H groups in total. The van der Waals surface area contributed by atoms with E-state index >= 15 is 0 Å². The van der Waals surface area contributed by atoms with E-state index in [0.29, 0.717) is 27.0 Å². The SMILES string of the molecule is COc1cc(NC(=O)c2sccc2Cl)ccc1N. The Hall–Kier alpha value is -1.72. The molecule has 0 bridgehead atoms. The van der Waals surface area contributed by atoms with Crippen LogP contribution >= 0.6 is 22.9 Å². The topological polar surface area (TPSA) is 64.3 Å². The number of nitrogen functional groups attached to an aromatic ring is 1. The minimum Gasteiger partial charge on any atom is -0.495 e. The summed E-state index contributed by atoms with van der Waals surface area (Å²) in [5.74, 6) is 0.270. The summed E-state index contributed by atoms with van der Waals surface area (Å²) in [7, 11) is 1.52. The van der Waals surface area contributed by atoms with Crippen molar-refractivity contribution in [3.8, 4) is 5.75 Å². The van der Waals surface area contributed by atoms with Crippen LogP contribution < -0.4 is 15.8 Å². The molecule has 1 heterocycles. The van der Waals surface area contributed by atoms with Gasteiger partial charge in [-0.15, -0.1) is 11.3 Å². The highest BCUT2D eigenvalue weighted by Gasteiger charge is 2.12. The van der Waals surface area contributed by atoms with Crippen LogP contribution in [0, 0.1) is 0 Å². The molecule has 0 fully saturated rings. The molecule has 2 rings (SSSR count). The molecule has 0 radical (unpaired) electrons. The van der Waals surface area contributed by atoms with Gasteiger partial charge in [-0.2, -0.15) is 0 Å². The molecule has 0 atom stereocenters. The highest BCUT2D eigenvalue weighted by atomic mass is 35.5. The predicted molar refractivity (Wildman–Crippen MR) is 74.7 cm³/mol. The summed E-state index contributed by atoms with van der Waals surface area (Å²) >= 11 is 7.18. The summed E-state index contributed by atoms with van der Waals surface area (Å²) in [6.45, 7) is 0. The fourth-order valence-corrected chi connectivity index (χ4v) is 2.47. The maximum atomic E-state index is 11.9. The maximum absolute atomic E-state index is 11.9. The maximum Gasteiger partial charge on any atom is 0.267 e. The molecule has 1 aromatic heterocycles. The summed E-state index contributed by atoms with van der Waals surface area (Å²) in [6.07, 6.45) is 0. The first-order valence-corrected chi connectivity index (χ1v) is 6.35. The van der Waals surface area contributed by atoms with Crippen molar-refractivity contribution in [1.82, 2.24) is 0 Å². The summed E-state index contributed by atoms with van der Waals surface area (Å²) in [5, 5.41) is 4.95. The van der Waals surface area contributed by atoms with Gasteiger partial charge < -0.3 is 15.8 Å². The Morgan fingerprint density at radius 2 is 2.22 bits per heavy atom. The van der Waals surface area contributed by atoms with E-state index < -0.39 is 0 Å². The van der Waals surface area contributed by atoms with Gasteiger partial charge >= 0.3 is 0 Å². The quantitative estimate of drug-likeness (QED) is 0.850. The van der Waals surface area contributed by atoms with Crippen LogP contribution in [-0.2, 0) is 0 Å². The molecule has 2 aromatic rings. The van der Waals surface area contributed by atoms with Crippen LogP contribution in [0.4, 0.5) is 11.4 Å². The predicted octanol–water partition coefficient (Wildman–Crippen LogP) is 3.24. The van der Waals surface area contributed by atoms with Gasteiger partial charge in [-0.25, -0.2) is 0 Å². The number of amides is 1. The van der Waals surface area contributed by atoms with Gasteiger partial charge in [-0.3, -0.25) is 4.79 Å². The van der Waals surface area contributed by atoms with E-state index in [4.69, 9.17) is 22.1 Å². The Balaban J connectivity index is 2.20. The summed E-state index contributed by atoms with van der Waals surface area (Å²) in [6, 6.07) is 6.72. The minimum atomic E-state index is -0.248. The number of carbonyl (C=O) groups excluding carboxylic acids is 1. The number of carbonyl (C=O) groups is 1. The highest BCUT2D eigenvalue weighted by molar-refractivity contribution is 7.12. The number of hydrogen-bond acceptors (Lipinski definition) is 4. The van der Waals surface area contributed by atoms with Gasteiger partial charge in [0, 0.05) is 11.8 Å². The molecular weight excluding hydrogens is 272 g/mol. The molecule has 0 aliphatic carbocycles. The Kier molecular flexibility index (Phi) is 3.74. The van der Waals surface area contributed by atoms with Crippen LogP contribution in [0.25, 0.3) is 0 Å². The molecule has 0 saturated heterocycles. The molecule has 18 heavy (non-hydrogen) atoms. The second-order valence-electron chi connectivity index (χ2n) is 3.51. The van der Waals surface area contributed by atoms with Crippen molar-refractivity contribution in [3.63, 3.8) is 0 Å². The van der Waals surface area contributed by atoms with E-state index in [2.05, 4.69) is 5.32 Å². The molecule has 1 aromatic carbocycles. The number of halogens is 1. The zero-order valence-corrected chi connectivity index (χ0v) is 11.1. The summed E-state index contributed by atoms with van der Waals surface area (Å²) in [5.41, 5.74) is 6.82. The fraction of sp³-hybridized carbons (Fsp3) is 0.0833. The first-order valence-electron chi connectivity index (χ1n) is 5.09. The Morgan fingerprint density at radius 3 is 2.83 bits per heavy atom. The smallest absolute Gasteiger partial charge is 0.267 e. The largest absolute Gasteiger partial charge is 0.495 e. The van der Waals surface area contributed by atoms with Crippen molar-refractivity contribution in [2.45, 2.75) is 0 Å². The van der Waals surface area contributed by atoms with Crippen LogP contribution in [0.5, 0.6) is 5.75 Å². The Bertz CT molecular complexity index is 583. The second kappa shape index (κ2) is 5.29. The van der Waals surface area contributed by atoms with Crippen molar-refractivity contribution >= 4 is 40.2 Å². The third-order valence-electron chi connectivity index (χ3n) is 2.31. The number of nitrogens with one attached hydrogen (secondary N) is 1. The van der Waals surface area contributed by atoms with Gasteiger partial charge in [0.1, 0.15) is 10.6 Å². The fourth-order valence-electron chi connectivity index (χ4n) is 1.43. The van der Waals surface area contributed by atoms with Gasteiger partial charge in [-0.1, -0.05) is 11.6 Å². The number of anilines is 2. The van der Waals surface area contributed by atoms with Crippen LogP contribution in [0.3, 0.4) is 0 Å². The molecule has 6 heteroatoms. The van der Waals surface area contributed by atoms with Crippen molar-refractivity contribution in [3.05, 3.63) is 39.5 Å². The average Bonchev–Trinajstić information content (AvgIpc) is 2.78. The Labute approximate surface area is 113 Å². The molecule has 1 amide bonds. The number of methoxy groups -OCH3 is 1. The molecule has 0 aliphatic heterocycles. The average molecular weight is 283 g/mol. The van der Waals surface area contributed by atoms with Crippen LogP contribution in [0.1, 0.15) is 9.67 Å². The molecular formula is C12H11ClN2O2S. The molecule has 0 unspecified atom stereocenters. The zero-order chi connectivity index (χ0) is 13.1. The first kappa shape index (κ1) is 12.7. The van der Waals surface area contributed by atoms with E-state index in [0.717, 1.165) is 0 Å². The van der Waals surface area contributed by atoms with Gasteiger partial charge in [-0.05, 0) is 23.6 Å². The van der Waals surface area contributed by atoms with E-state index in [1.54, 1.807) is 29.6 Å². The lowest BCUT2D eigenvalue weighted by Gasteiger charge is -2.08. The highest BCUT2D eigenvalue weighted by Crippen LogP contribution is 2.27. The van der Waals surface area contributed by atoms with Crippen molar-refractivity contribution in [2.24, 2.45) is 0 Å². The molecule has 4 nitrogen and oxygen atoms in total. The number of rotatable bonds is 3. The van der Waals surface area contributed by atoms with Gasteiger partial charge in [0.25, 0.3) is 5.91 Å². The third kappa shape index (κ3) is 2.57. The molecule has 0 spiro atoms. The van der Waals surface area contributed by atoms with Crippen molar-refractivity contribution < 1.29 is 9.53 Å². The van der Waals surface area contributed by atoms with E-state index in [9.17, 15) is 4.79 Å². The molecule has 0 aliphatic rings. The van der Waals surface area contributed by atoms with E-state index in [1.165, 1.54) is 18.4 Å². The number of thiophene rings is 1. The molecule has 0 saturated carbocycles. The van der Waals surface area contributed by atoms with E-state index in [1.807, 2.05) is 0 Å². The van der Waals surface area contributed by atoms with E-state index in [-0.39, 0.29) is 5.91 Å². The summed E-state index contributed by atoms with van der Waals surface area (Å²) in [4.78, 5) is 12.4. The lowest BCUT2D eigenvalue weighted by atomic mass is 10.2. The number of hydrogen-bond donors (Lipinski definition) is 2.